The molecule has 0 radical (unpaired) electrons. The Morgan fingerprint density at radius 1 is 1.36 bits per heavy atom. The van der Waals surface area contributed by atoms with Gasteiger partial charge >= 0.3 is 0 Å². The van der Waals surface area contributed by atoms with Gasteiger partial charge in [0.05, 0.1) is 6.61 Å². The van der Waals surface area contributed by atoms with Gasteiger partial charge in [0.15, 0.2) is 0 Å². The Morgan fingerprint density at radius 3 is 2.64 bits per heavy atom. The predicted octanol–water partition coefficient (Wildman–Crippen LogP) is 1.07. The number of nitrogens with two attached hydrogens (primary N) is 1. The van der Waals surface area contributed by atoms with Crippen molar-refractivity contribution in [2.75, 3.05) is 13.2 Å². The van der Waals surface area contributed by atoms with E-state index in [1.165, 1.54) is 12.8 Å². The molecule has 0 aromatic carbocycles. The maximum absolute atomic E-state index is 10.2. The minimum absolute atomic E-state index is 0.291. The second-order valence-electron chi connectivity index (χ2n) is 2.54. The van der Waals surface area contributed by atoms with Crippen molar-refractivity contribution in [3.8, 4) is 0 Å². The molecule has 0 aliphatic heterocycles. The van der Waals surface area contributed by atoms with Crippen molar-refractivity contribution in [3.05, 3.63) is 0 Å². The van der Waals surface area contributed by atoms with E-state index in [2.05, 4.69) is 6.92 Å². The molecule has 0 unspecified atom stereocenters. The van der Waals surface area contributed by atoms with E-state index in [4.69, 9.17) is 10.5 Å². The molecule has 0 spiro atoms. The Hall–Kier alpha value is -0.570. The third-order valence-corrected chi connectivity index (χ3v) is 1.39. The highest BCUT2D eigenvalue weighted by Gasteiger charge is 1.93. The summed E-state index contributed by atoms with van der Waals surface area (Å²) in [6.07, 6.45) is 3.80. The van der Waals surface area contributed by atoms with Crippen molar-refractivity contribution in [2.45, 2.75) is 32.6 Å². The normalized spacial score (nSPS) is 9.91. The Kier molecular flexibility index (Phi) is 7.15. The molecule has 11 heavy (non-hydrogen) atoms. The number of rotatable bonds is 7. The summed E-state index contributed by atoms with van der Waals surface area (Å²) >= 11 is 0. The summed E-state index contributed by atoms with van der Waals surface area (Å²) in [6, 6.07) is 0. The molecule has 0 aliphatic rings. The first-order valence-electron chi connectivity index (χ1n) is 4.13. The lowest BCUT2D eigenvalue weighted by Crippen LogP contribution is -2.13. The van der Waals surface area contributed by atoms with Crippen molar-refractivity contribution in [3.63, 3.8) is 0 Å². The number of carbonyl (C=O) groups is 1. The van der Waals surface area contributed by atoms with Crippen molar-refractivity contribution in [1.29, 1.82) is 0 Å². The van der Waals surface area contributed by atoms with Gasteiger partial charge in [-0.25, -0.2) is 0 Å². The van der Waals surface area contributed by atoms with Crippen LogP contribution in [0.15, 0.2) is 0 Å². The molecule has 1 amide bonds. The summed E-state index contributed by atoms with van der Waals surface area (Å²) in [7, 11) is 0. The lowest BCUT2D eigenvalue weighted by molar-refractivity contribution is -0.119. The molecule has 0 aromatic heterocycles. The van der Waals surface area contributed by atoms with E-state index < -0.39 is 0 Å². The van der Waals surface area contributed by atoms with E-state index in [0.29, 0.717) is 13.0 Å². The average molecular weight is 159 g/mol. The van der Waals surface area contributed by atoms with Gasteiger partial charge < -0.3 is 10.5 Å². The van der Waals surface area contributed by atoms with Gasteiger partial charge in [0.25, 0.3) is 0 Å². The zero-order valence-electron chi connectivity index (χ0n) is 7.14. The molecule has 2 N–H and O–H groups in total. The summed E-state index contributed by atoms with van der Waals surface area (Å²) in [5, 5.41) is 0. The highest BCUT2D eigenvalue weighted by atomic mass is 16.5. The largest absolute Gasteiger partial charge is 0.381 e. The van der Waals surface area contributed by atoms with Crippen LogP contribution in [0.1, 0.15) is 32.6 Å². The highest BCUT2D eigenvalue weighted by molar-refractivity contribution is 5.73. The topological polar surface area (TPSA) is 52.3 Å². The fourth-order valence-electron chi connectivity index (χ4n) is 0.729. The Labute approximate surface area is 67.9 Å². The highest BCUT2D eigenvalue weighted by Crippen LogP contribution is 1.94. The lowest BCUT2D eigenvalue weighted by atomic mass is 10.3. The first-order valence-corrected chi connectivity index (χ1v) is 4.13. The molecule has 3 heteroatoms. The molecule has 0 rings (SSSR count). The van der Waals surface area contributed by atoms with Crippen LogP contribution in [0.5, 0.6) is 0 Å². The standard InChI is InChI=1S/C8H17NO2/c1-2-3-4-6-11-7-5-8(9)10/h2-7H2,1H3,(H2,9,10). The third kappa shape index (κ3) is 9.43. The van der Waals surface area contributed by atoms with Crippen molar-refractivity contribution < 1.29 is 9.53 Å². The second kappa shape index (κ2) is 7.54. The van der Waals surface area contributed by atoms with E-state index >= 15 is 0 Å². The zero-order valence-corrected chi connectivity index (χ0v) is 7.14. The summed E-state index contributed by atoms with van der Waals surface area (Å²) < 4.78 is 5.15. The molecule has 0 aliphatic carbocycles. The lowest BCUT2D eigenvalue weighted by Gasteiger charge is -2.00. The van der Waals surface area contributed by atoms with E-state index in [1.807, 2.05) is 0 Å². The smallest absolute Gasteiger partial charge is 0.219 e. The molecule has 0 atom stereocenters. The van der Waals surface area contributed by atoms with Crippen molar-refractivity contribution >= 4 is 5.91 Å². The fraction of sp³-hybridized carbons (Fsp3) is 0.875. The molecule has 0 saturated heterocycles. The van der Waals surface area contributed by atoms with Gasteiger partial charge in [-0.2, -0.15) is 0 Å². The molecule has 0 bridgehead atoms. The molecule has 0 heterocycles. The number of ether oxygens (including phenoxy) is 1. The molecule has 3 nitrogen and oxygen atoms in total. The number of amides is 1. The van der Waals surface area contributed by atoms with Crippen LogP contribution in [0.2, 0.25) is 0 Å². The minimum Gasteiger partial charge on any atom is -0.381 e. The van der Waals surface area contributed by atoms with Crippen LogP contribution in [0.4, 0.5) is 0 Å². The Balaban J connectivity index is 2.85. The van der Waals surface area contributed by atoms with Crippen molar-refractivity contribution in [2.24, 2.45) is 5.73 Å². The van der Waals surface area contributed by atoms with Gasteiger partial charge in [0.1, 0.15) is 0 Å². The van der Waals surface area contributed by atoms with Crippen molar-refractivity contribution in [1.82, 2.24) is 0 Å². The van der Waals surface area contributed by atoms with Crippen LogP contribution in [0.3, 0.4) is 0 Å². The van der Waals surface area contributed by atoms with Gasteiger partial charge in [-0.1, -0.05) is 19.8 Å². The fourth-order valence-corrected chi connectivity index (χ4v) is 0.729. The van der Waals surface area contributed by atoms with Crippen LogP contribution < -0.4 is 5.73 Å². The van der Waals surface area contributed by atoms with Gasteiger partial charge in [-0.15, -0.1) is 0 Å². The Morgan fingerprint density at radius 2 is 2.09 bits per heavy atom. The quantitative estimate of drug-likeness (QED) is 0.565. The van der Waals surface area contributed by atoms with Gasteiger partial charge in [0.2, 0.25) is 5.91 Å². The Bertz CT molecular complexity index is 104. The summed E-state index contributed by atoms with van der Waals surface area (Å²) in [5.41, 5.74) is 4.91. The predicted molar refractivity (Wildman–Crippen MR) is 44.2 cm³/mol. The average Bonchev–Trinajstić information content (AvgIpc) is 1.96. The SMILES string of the molecule is CCCCCOCCC(N)=O. The number of unbranched alkanes of at least 4 members (excludes halogenated alkanes) is 2. The second-order valence-corrected chi connectivity index (χ2v) is 2.54. The molecular weight excluding hydrogens is 142 g/mol. The molecule has 0 saturated carbocycles. The summed E-state index contributed by atoms with van der Waals surface area (Å²) in [4.78, 5) is 10.2. The minimum atomic E-state index is -0.291. The van der Waals surface area contributed by atoms with Gasteiger partial charge in [0, 0.05) is 13.0 Å². The van der Waals surface area contributed by atoms with Crippen LogP contribution in [-0.2, 0) is 9.53 Å². The van der Waals surface area contributed by atoms with E-state index in [-0.39, 0.29) is 5.91 Å². The van der Waals surface area contributed by atoms with Gasteiger partial charge in [-0.05, 0) is 6.42 Å². The van der Waals surface area contributed by atoms with E-state index in [1.54, 1.807) is 0 Å². The maximum Gasteiger partial charge on any atom is 0.219 e. The maximum atomic E-state index is 10.2. The number of hydrogen-bond donors (Lipinski definition) is 1. The summed E-state index contributed by atoms with van der Waals surface area (Å²) in [6.45, 7) is 3.36. The van der Waals surface area contributed by atoms with E-state index in [0.717, 1.165) is 13.0 Å². The van der Waals surface area contributed by atoms with E-state index in [9.17, 15) is 4.79 Å². The van der Waals surface area contributed by atoms with Crippen LogP contribution in [-0.4, -0.2) is 19.1 Å². The summed E-state index contributed by atoms with van der Waals surface area (Å²) in [5.74, 6) is -0.291. The molecule has 0 fully saturated rings. The molecular formula is C8H17NO2. The number of hydrogen-bond acceptors (Lipinski definition) is 2. The monoisotopic (exact) mass is 159 g/mol. The first kappa shape index (κ1) is 10.4. The number of carbonyl (C=O) groups excluding carboxylic acids is 1. The van der Waals surface area contributed by atoms with Gasteiger partial charge in [-0.3, -0.25) is 4.79 Å². The molecule has 66 valence electrons. The molecule has 0 aromatic rings. The van der Waals surface area contributed by atoms with Crippen LogP contribution in [0, 0.1) is 0 Å². The van der Waals surface area contributed by atoms with Crippen LogP contribution in [0.25, 0.3) is 0 Å². The van der Waals surface area contributed by atoms with Crippen LogP contribution >= 0.6 is 0 Å². The third-order valence-electron chi connectivity index (χ3n) is 1.39. The zero-order chi connectivity index (χ0) is 8.53. The number of primary amides is 1. The first-order chi connectivity index (χ1) is 5.27.